The molecule has 2 heterocycles. The summed E-state index contributed by atoms with van der Waals surface area (Å²) in [5, 5.41) is 11.9. The average molecular weight is 315 g/mol. The number of ketones is 1. The molecule has 116 valence electrons. The monoisotopic (exact) mass is 315 g/mol. The van der Waals surface area contributed by atoms with Gasteiger partial charge >= 0.3 is 0 Å². The molecule has 1 N–H and O–H groups in total. The van der Waals surface area contributed by atoms with E-state index in [1.165, 1.54) is 0 Å². The fourth-order valence-electron chi connectivity index (χ4n) is 3.11. The molecule has 1 aliphatic heterocycles. The highest BCUT2D eigenvalue weighted by molar-refractivity contribution is 7.12. The lowest BCUT2D eigenvalue weighted by atomic mass is 9.92. The summed E-state index contributed by atoms with van der Waals surface area (Å²) in [5.41, 5.74) is 2.02. The van der Waals surface area contributed by atoms with Crippen LogP contribution in [0.4, 0.5) is 0 Å². The Morgan fingerprint density at radius 3 is 2.91 bits per heavy atom. The number of likely N-dealkylation sites (tertiary alicyclic amines) is 1. The molecule has 1 aliphatic rings. The number of hydrogen-bond acceptors (Lipinski definition) is 4. The molecule has 0 radical (unpaired) electrons. The molecule has 3 rings (SSSR count). The smallest absolute Gasteiger partial charge is 0.177 e. The number of phenolic OH excluding ortho intramolecular Hbond substituents is 1. The van der Waals surface area contributed by atoms with Gasteiger partial charge in [0.05, 0.1) is 4.88 Å². The number of rotatable bonds is 4. The van der Waals surface area contributed by atoms with Crippen molar-refractivity contribution in [2.24, 2.45) is 5.92 Å². The molecule has 4 heteroatoms. The minimum absolute atomic E-state index is 0.0805. The maximum Gasteiger partial charge on any atom is 0.177 e. The Labute approximate surface area is 135 Å². The van der Waals surface area contributed by atoms with E-state index in [0.717, 1.165) is 41.9 Å². The molecule has 0 aliphatic carbocycles. The minimum Gasteiger partial charge on any atom is -0.508 e. The molecule has 1 aromatic heterocycles. The van der Waals surface area contributed by atoms with Gasteiger partial charge in [-0.25, -0.2) is 0 Å². The number of hydrogen-bond donors (Lipinski definition) is 1. The van der Waals surface area contributed by atoms with Crippen LogP contribution in [0.5, 0.6) is 5.75 Å². The van der Waals surface area contributed by atoms with Crippen molar-refractivity contribution >= 4 is 17.1 Å². The fourth-order valence-corrected chi connectivity index (χ4v) is 4.05. The van der Waals surface area contributed by atoms with Crippen LogP contribution in [0.25, 0.3) is 0 Å². The Kier molecular flexibility index (Phi) is 4.60. The van der Waals surface area contributed by atoms with Gasteiger partial charge in [0.15, 0.2) is 5.78 Å². The van der Waals surface area contributed by atoms with Crippen molar-refractivity contribution in [1.29, 1.82) is 0 Å². The number of aryl methyl sites for hydroxylation is 1. The van der Waals surface area contributed by atoms with E-state index in [2.05, 4.69) is 4.90 Å². The summed E-state index contributed by atoms with van der Waals surface area (Å²) in [6.07, 6.45) is 2.00. The predicted octanol–water partition coefficient (Wildman–Crippen LogP) is 3.86. The second-order valence-corrected chi connectivity index (χ2v) is 6.92. The number of nitrogens with zero attached hydrogens (tertiary/aromatic N) is 1. The topological polar surface area (TPSA) is 40.5 Å². The van der Waals surface area contributed by atoms with Crippen LogP contribution < -0.4 is 0 Å². The third-order valence-corrected chi connectivity index (χ3v) is 5.38. The molecule has 3 nitrogen and oxygen atoms in total. The van der Waals surface area contributed by atoms with Crippen LogP contribution >= 0.6 is 11.3 Å². The summed E-state index contributed by atoms with van der Waals surface area (Å²) in [7, 11) is 0. The van der Waals surface area contributed by atoms with Crippen molar-refractivity contribution in [2.45, 2.75) is 26.3 Å². The van der Waals surface area contributed by atoms with Gasteiger partial charge in [0.2, 0.25) is 0 Å². The highest BCUT2D eigenvalue weighted by Crippen LogP contribution is 2.27. The lowest BCUT2D eigenvalue weighted by Crippen LogP contribution is -2.38. The number of thiophene rings is 1. The van der Waals surface area contributed by atoms with E-state index < -0.39 is 0 Å². The molecule has 1 saturated heterocycles. The number of benzene rings is 1. The van der Waals surface area contributed by atoms with Gasteiger partial charge < -0.3 is 5.11 Å². The Morgan fingerprint density at radius 1 is 1.36 bits per heavy atom. The second kappa shape index (κ2) is 6.63. The van der Waals surface area contributed by atoms with Gasteiger partial charge in [0.1, 0.15) is 5.75 Å². The van der Waals surface area contributed by atoms with Crippen molar-refractivity contribution in [2.75, 3.05) is 13.1 Å². The zero-order chi connectivity index (χ0) is 15.5. The van der Waals surface area contributed by atoms with E-state index in [1.54, 1.807) is 17.4 Å². The zero-order valence-electron chi connectivity index (χ0n) is 12.8. The Balaban J connectivity index is 1.68. The largest absolute Gasteiger partial charge is 0.508 e. The highest BCUT2D eigenvalue weighted by atomic mass is 32.1. The average Bonchev–Trinajstić information content (AvgIpc) is 2.95. The van der Waals surface area contributed by atoms with Gasteiger partial charge in [0.25, 0.3) is 0 Å². The lowest BCUT2D eigenvalue weighted by Gasteiger charge is -2.32. The Morgan fingerprint density at radius 2 is 2.18 bits per heavy atom. The summed E-state index contributed by atoms with van der Waals surface area (Å²) >= 11 is 1.55. The quantitative estimate of drug-likeness (QED) is 0.871. The predicted molar refractivity (Wildman–Crippen MR) is 89.5 cm³/mol. The first-order valence-corrected chi connectivity index (χ1v) is 8.60. The first kappa shape index (κ1) is 15.3. The van der Waals surface area contributed by atoms with E-state index in [0.29, 0.717) is 12.3 Å². The molecule has 0 bridgehead atoms. The number of para-hydroxylation sites is 1. The number of carbonyl (C=O) groups is 1. The number of Topliss-reactive ketones (excluding diaryl/α,β-unsaturated/α-hetero) is 1. The Bertz CT molecular complexity index is 665. The number of phenols is 1. The number of carbonyl (C=O) groups excluding carboxylic acids is 1. The molecule has 2 aromatic rings. The van der Waals surface area contributed by atoms with Crippen molar-refractivity contribution in [3.8, 4) is 5.75 Å². The second-order valence-electron chi connectivity index (χ2n) is 6.00. The van der Waals surface area contributed by atoms with E-state index >= 15 is 0 Å². The Hall–Kier alpha value is -1.65. The number of aromatic hydroxyl groups is 1. The van der Waals surface area contributed by atoms with Gasteiger partial charge in [0, 0.05) is 24.6 Å². The molecule has 0 spiro atoms. The molecule has 1 aromatic carbocycles. The fraction of sp³-hybridized carbons (Fsp3) is 0.389. The summed E-state index contributed by atoms with van der Waals surface area (Å²) in [6, 6.07) is 9.46. The molecule has 0 saturated carbocycles. The molecule has 1 atom stereocenters. The minimum atomic E-state index is 0.0805. The number of piperidine rings is 1. The van der Waals surface area contributed by atoms with Crippen molar-refractivity contribution in [3.05, 3.63) is 51.7 Å². The third-order valence-electron chi connectivity index (χ3n) is 4.35. The van der Waals surface area contributed by atoms with Gasteiger partial charge in [-0.3, -0.25) is 9.69 Å². The molecule has 0 unspecified atom stereocenters. The van der Waals surface area contributed by atoms with Gasteiger partial charge in [-0.15, -0.1) is 11.3 Å². The first-order valence-electron chi connectivity index (χ1n) is 7.72. The highest BCUT2D eigenvalue weighted by Gasteiger charge is 2.28. The molecule has 1 fully saturated rings. The summed E-state index contributed by atoms with van der Waals surface area (Å²) in [5.74, 6) is 0.705. The van der Waals surface area contributed by atoms with Gasteiger partial charge in [-0.05, 0) is 49.4 Å². The van der Waals surface area contributed by atoms with Crippen molar-refractivity contribution < 1.29 is 9.90 Å². The lowest BCUT2D eigenvalue weighted by molar-refractivity contribution is 0.0814. The molecule has 0 amide bonds. The van der Waals surface area contributed by atoms with Crippen LogP contribution in [0.1, 0.15) is 33.6 Å². The summed E-state index contributed by atoms with van der Waals surface area (Å²) in [6.45, 7) is 4.48. The maximum atomic E-state index is 12.7. The third kappa shape index (κ3) is 3.23. The van der Waals surface area contributed by atoms with Crippen LogP contribution in [0, 0.1) is 12.8 Å². The maximum absolute atomic E-state index is 12.7. The zero-order valence-corrected chi connectivity index (χ0v) is 13.6. The first-order chi connectivity index (χ1) is 10.6. The molecule has 22 heavy (non-hydrogen) atoms. The van der Waals surface area contributed by atoms with Crippen LogP contribution in [0.15, 0.2) is 35.7 Å². The van der Waals surface area contributed by atoms with Crippen LogP contribution in [0.3, 0.4) is 0 Å². The van der Waals surface area contributed by atoms with E-state index in [1.807, 2.05) is 36.6 Å². The van der Waals surface area contributed by atoms with Crippen LogP contribution in [-0.4, -0.2) is 28.9 Å². The normalized spacial score (nSPS) is 19.2. The van der Waals surface area contributed by atoms with Gasteiger partial charge in [-0.1, -0.05) is 18.2 Å². The van der Waals surface area contributed by atoms with Crippen LogP contribution in [-0.2, 0) is 6.54 Å². The molecular weight excluding hydrogens is 294 g/mol. The van der Waals surface area contributed by atoms with Crippen molar-refractivity contribution in [3.63, 3.8) is 0 Å². The summed E-state index contributed by atoms with van der Waals surface area (Å²) in [4.78, 5) is 15.9. The molecular formula is C18H21NO2S. The summed E-state index contributed by atoms with van der Waals surface area (Å²) < 4.78 is 0. The van der Waals surface area contributed by atoms with E-state index in [4.69, 9.17) is 0 Å². The standard InChI is InChI=1S/C18H21NO2S/c1-13-8-10-22-18(13)17(21)15-6-4-9-19(12-15)11-14-5-2-3-7-16(14)20/h2-3,5,7-8,10,15,20H,4,6,9,11-12H2,1H3/t15-/m0/s1. The van der Waals surface area contributed by atoms with Crippen LogP contribution in [0.2, 0.25) is 0 Å². The van der Waals surface area contributed by atoms with Gasteiger partial charge in [-0.2, -0.15) is 0 Å². The van der Waals surface area contributed by atoms with Crippen molar-refractivity contribution in [1.82, 2.24) is 4.90 Å². The van der Waals surface area contributed by atoms with E-state index in [9.17, 15) is 9.90 Å². The van der Waals surface area contributed by atoms with E-state index in [-0.39, 0.29) is 11.7 Å². The SMILES string of the molecule is Cc1ccsc1C(=O)[C@H]1CCCN(Cc2ccccc2O)C1.